The summed E-state index contributed by atoms with van der Waals surface area (Å²) in [7, 11) is -3.62. The Kier molecular flexibility index (Phi) is 2.98. The van der Waals surface area contributed by atoms with Crippen LogP contribution >= 0.6 is 15.9 Å². The van der Waals surface area contributed by atoms with Crippen molar-refractivity contribution in [2.24, 2.45) is 5.14 Å². The predicted octanol–water partition coefficient (Wildman–Crippen LogP) is 1.48. The topological polar surface area (TPSA) is 63.4 Å². The van der Waals surface area contributed by atoms with Crippen molar-refractivity contribution in [1.82, 2.24) is 0 Å². The number of nitrogens with two attached hydrogens (primary N) is 1. The molecule has 0 bridgehead atoms. The van der Waals surface area contributed by atoms with Crippen LogP contribution in [0.4, 0.5) is 5.69 Å². The van der Waals surface area contributed by atoms with Crippen molar-refractivity contribution in [2.45, 2.75) is 18.2 Å². The molecule has 1 heterocycles. The summed E-state index contributed by atoms with van der Waals surface area (Å²) in [6.45, 7) is 3.92. The van der Waals surface area contributed by atoms with Crippen LogP contribution in [-0.4, -0.2) is 21.5 Å². The minimum absolute atomic E-state index is 0.177. The largest absolute Gasteiger partial charge is 0.370 e. The number of sulfonamides is 1. The molecule has 1 aliphatic rings. The van der Waals surface area contributed by atoms with Crippen LogP contribution in [0, 0.1) is 0 Å². The van der Waals surface area contributed by atoms with Gasteiger partial charge < -0.3 is 4.90 Å². The lowest BCUT2D eigenvalue weighted by molar-refractivity contribution is 0.597. The standard InChI is InChI=1S/C10H13BrN2O2S/c1-2-13-4-3-7-5-8(16(12,14)15)6-9(11)10(7)13/h5-6H,2-4H2,1H3,(H2,12,14,15). The SMILES string of the molecule is CCN1CCc2cc(S(N)(=O)=O)cc(Br)c21. The van der Waals surface area contributed by atoms with E-state index in [0.29, 0.717) is 0 Å². The van der Waals surface area contributed by atoms with E-state index in [-0.39, 0.29) is 4.90 Å². The molecule has 6 heteroatoms. The summed E-state index contributed by atoms with van der Waals surface area (Å²) < 4.78 is 23.4. The third-order valence-corrected chi connectivity index (χ3v) is 4.29. The third-order valence-electron chi connectivity index (χ3n) is 2.79. The molecular weight excluding hydrogens is 292 g/mol. The van der Waals surface area contributed by atoms with Gasteiger partial charge in [0.2, 0.25) is 10.0 Å². The maximum absolute atomic E-state index is 11.3. The van der Waals surface area contributed by atoms with Crippen LogP contribution < -0.4 is 10.0 Å². The molecule has 0 amide bonds. The molecule has 0 aliphatic carbocycles. The van der Waals surface area contributed by atoms with Crippen LogP contribution in [0.3, 0.4) is 0 Å². The van der Waals surface area contributed by atoms with Crippen molar-refractivity contribution in [2.75, 3.05) is 18.0 Å². The van der Waals surface area contributed by atoms with Crippen molar-refractivity contribution >= 4 is 31.6 Å². The van der Waals surface area contributed by atoms with Gasteiger partial charge in [0.25, 0.3) is 0 Å². The van der Waals surface area contributed by atoms with Crippen molar-refractivity contribution in [1.29, 1.82) is 0 Å². The summed E-state index contributed by atoms with van der Waals surface area (Å²) in [5.74, 6) is 0. The van der Waals surface area contributed by atoms with Crippen LogP contribution in [0.5, 0.6) is 0 Å². The number of fused-ring (bicyclic) bond motifs is 1. The van der Waals surface area contributed by atoms with Gasteiger partial charge in [-0.15, -0.1) is 0 Å². The molecule has 0 atom stereocenters. The van der Waals surface area contributed by atoms with Crippen LogP contribution in [-0.2, 0) is 16.4 Å². The quantitative estimate of drug-likeness (QED) is 0.900. The van der Waals surface area contributed by atoms with E-state index >= 15 is 0 Å². The van der Waals surface area contributed by atoms with Crippen LogP contribution in [0.25, 0.3) is 0 Å². The van der Waals surface area contributed by atoms with Gasteiger partial charge >= 0.3 is 0 Å². The number of rotatable bonds is 2. The van der Waals surface area contributed by atoms with E-state index in [1.807, 2.05) is 0 Å². The molecule has 0 saturated heterocycles. The second-order valence-corrected chi connectivity index (χ2v) is 6.20. The first-order chi connectivity index (χ1) is 7.43. The Balaban J connectivity index is 2.58. The lowest BCUT2D eigenvalue weighted by Crippen LogP contribution is -2.19. The normalized spacial score (nSPS) is 15.3. The Morgan fingerprint density at radius 2 is 2.19 bits per heavy atom. The summed E-state index contributed by atoms with van der Waals surface area (Å²) in [6, 6.07) is 3.24. The van der Waals surface area contributed by atoms with E-state index in [1.54, 1.807) is 12.1 Å². The van der Waals surface area contributed by atoms with E-state index in [9.17, 15) is 8.42 Å². The van der Waals surface area contributed by atoms with Crippen molar-refractivity contribution in [3.8, 4) is 0 Å². The highest BCUT2D eigenvalue weighted by atomic mass is 79.9. The predicted molar refractivity (Wildman–Crippen MR) is 67.1 cm³/mol. The number of hydrogen-bond acceptors (Lipinski definition) is 3. The van der Waals surface area contributed by atoms with Crippen LogP contribution in [0.2, 0.25) is 0 Å². The van der Waals surface area contributed by atoms with Gasteiger partial charge in [0.15, 0.2) is 0 Å². The Bertz CT molecular complexity index is 528. The van der Waals surface area contributed by atoms with Gasteiger partial charge in [0.1, 0.15) is 0 Å². The van der Waals surface area contributed by atoms with E-state index < -0.39 is 10.0 Å². The summed E-state index contributed by atoms with van der Waals surface area (Å²) in [4.78, 5) is 2.39. The molecule has 88 valence electrons. The Morgan fingerprint density at radius 3 is 2.75 bits per heavy atom. The van der Waals surface area contributed by atoms with Gasteiger partial charge in [0, 0.05) is 17.6 Å². The number of anilines is 1. The number of hydrogen-bond donors (Lipinski definition) is 1. The minimum Gasteiger partial charge on any atom is -0.370 e. The summed E-state index contributed by atoms with van der Waals surface area (Å²) in [5, 5.41) is 5.12. The van der Waals surface area contributed by atoms with E-state index in [1.165, 1.54) is 0 Å². The molecular formula is C10H13BrN2O2S. The molecule has 2 N–H and O–H groups in total. The highest BCUT2D eigenvalue weighted by molar-refractivity contribution is 9.10. The minimum atomic E-state index is -3.62. The molecule has 0 spiro atoms. The highest BCUT2D eigenvalue weighted by Crippen LogP contribution is 2.37. The molecule has 1 aromatic carbocycles. The molecule has 16 heavy (non-hydrogen) atoms. The van der Waals surface area contributed by atoms with Crippen LogP contribution in [0.1, 0.15) is 12.5 Å². The molecule has 1 aliphatic heterocycles. The van der Waals surface area contributed by atoms with E-state index in [0.717, 1.165) is 35.2 Å². The monoisotopic (exact) mass is 304 g/mol. The second kappa shape index (κ2) is 4.01. The molecule has 2 rings (SSSR count). The number of nitrogens with zero attached hydrogens (tertiary/aromatic N) is 1. The maximum atomic E-state index is 11.3. The lowest BCUT2D eigenvalue weighted by atomic mass is 10.2. The zero-order chi connectivity index (χ0) is 11.9. The van der Waals surface area contributed by atoms with Crippen molar-refractivity contribution in [3.63, 3.8) is 0 Å². The van der Waals surface area contributed by atoms with E-state index in [4.69, 9.17) is 5.14 Å². The molecule has 0 unspecified atom stereocenters. The second-order valence-electron chi connectivity index (χ2n) is 3.79. The van der Waals surface area contributed by atoms with Gasteiger partial charge in [-0.25, -0.2) is 13.6 Å². The summed E-state index contributed by atoms with van der Waals surface area (Å²) in [6.07, 6.45) is 0.866. The van der Waals surface area contributed by atoms with Crippen LogP contribution in [0.15, 0.2) is 21.5 Å². The Morgan fingerprint density at radius 1 is 1.50 bits per heavy atom. The van der Waals surface area contributed by atoms with Gasteiger partial charge in [-0.05, 0) is 47.0 Å². The lowest BCUT2D eigenvalue weighted by Gasteiger charge is -2.18. The smallest absolute Gasteiger partial charge is 0.238 e. The first-order valence-corrected chi connectivity index (χ1v) is 7.37. The average molecular weight is 305 g/mol. The first-order valence-electron chi connectivity index (χ1n) is 5.03. The molecule has 0 radical (unpaired) electrons. The maximum Gasteiger partial charge on any atom is 0.238 e. The first kappa shape index (κ1) is 11.9. The fourth-order valence-corrected chi connectivity index (χ4v) is 3.51. The van der Waals surface area contributed by atoms with Gasteiger partial charge in [-0.3, -0.25) is 0 Å². The molecule has 0 fully saturated rings. The third kappa shape index (κ3) is 1.97. The Labute approximate surface area is 104 Å². The van der Waals surface area contributed by atoms with Crippen molar-refractivity contribution in [3.05, 3.63) is 22.2 Å². The Hall–Kier alpha value is -0.590. The van der Waals surface area contributed by atoms with Crippen molar-refractivity contribution < 1.29 is 8.42 Å². The molecule has 1 aromatic rings. The number of likely N-dealkylation sites (N-methyl/N-ethyl adjacent to an activating group) is 1. The zero-order valence-electron chi connectivity index (χ0n) is 8.90. The molecule has 0 saturated carbocycles. The number of halogens is 1. The summed E-state index contributed by atoms with van der Waals surface area (Å²) >= 11 is 3.41. The molecule has 0 aromatic heterocycles. The van der Waals surface area contributed by atoms with E-state index in [2.05, 4.69) is 27.8 Å². The number of benzene rings is 1. The summed E-state index contributed by atoms with van der Waals surface area (Å²) in [5.41, 5.74) is 2.13. The fourth-order valence-electron chi connectivity index (χ4n) is 2.02. The van der Waals surface area contributed by atoms with Gasteiger partial charge in [-0.2, -0.15) is 0 Å². The van der Waals surface area contributed by atoms with Gasteiger partial charge in [0.05, 0.1) is 10.6 Å². The van der Waals surface area contributed by atoms with Gasteiger partial charge in [-0.1, -0.05) is 0 Å². The fraction of sp³-hybridized carbons (Fsp3) is 0.400. The molecule has 4 nitrogen and oxygen atoms in total. The number of primary sulfonamides is 1. The zero-order valence-corrected chi connectivity index (χ0v) is 11.3. The highest BCUT2D eigenvalue weighted by Gasteiger charge is 2.23. The average Bonchev–Trinajstić information content (AvgIpc) is 2.59.